The number of benzene rings is 1. The number of aromatic nitrogens is 4. The molecule has 0 aliphatic rings. The average Bonchev–Trinajstić information content (AvgIpc) is 2.81. The number of nitrogens with zero attached hydrogens (tertiary/aromatic N) is 4. The lowest BCUT2D eigenvalue weighted by Gasteiger charge is -2.03. The third kappa shape index (κ3) is 2.40. The molecule has 0 bridgehead atoms. The second kappa shape index (κ2) is 4.37. The molecule has 0 spiro atoms. The van der Waals surface area contributed by atoms with E-state index in [2.05, 4.69) is 20.6 Å². The highest BCUT2D eigenvalue weighted by atomic mass is 32.2. The van der Waals surface area contributed by atoms with E-state index >= 15 is 0 Å². The largest absolute Gasteiger partial charge is 0.276 e. The zero-order valence-corrected chi connectivity index (χ0v) is 9.46. The minimum Gasteiger partial charge on any atom is -0.258 e. The molecule has 0 unspecified atom stereocenters. The van der Waals surface area contributed by atoms with Crippen LogP contribution in [0.4, 0.5) is 11.6 Å². The summed E-state index contributed by atoms with van der Waals surface area (Å²) in [7, 11) is -3.88. The highest BCUT2D eigenvalue weighted by molar-refractivity contribution is 7.92. The lowest BCUT2D eigenvalue weighted by molar-refractivity contribution is -0.384. The van der Waals surface area contributed by atoms with E-state index in [1.807, 2.05) is 4.72 Å². The van der Waals surface area contributed by atoms with E-state index in [0.717, 1.165) is 24.3 Å². The molecule has 18 heavy (non-hydrogen) atoms. The fourth-order valence-corrected chi connectivity index (χ4v) is 2.07. The molecule has 2 rings (SSSR count). The molecule has 0 aliphatic heterocycles. The van der Waals surface area contributed by atoms with E-state index in [0.29, 0.717) is 0 Å². The van der Waals surface area contributed by atoms with Crippen LogP contribution in [0.15, 0.2) is 29.2 Å². The number of nitrogens with one attached hydrogen (secondary N) is 2. The Kier molecular flexibility index (Phi) is 2.89. The molecule has 2 aromatic rings. The van der Waals surface area contributed by atoms with Crippen LogP contribution in [0.5, 0.6) is 0 Å². The average molecular weight is 270 g/mol. The highest BCUT2D eigenvalue weighted by Crippen LogP contribution is 2.17. The van der Waals surface area contributed by atoms with E-state index in [4.69, 9.17) is 0 Å². The van der Waals surface area contributed by atoms with Gasteiger partial charge in [0.05, 0.1) is 9.82 Å². The summed E-state index contributed by atoms with van der Waals surface area (Å²) in [6.07, 6.45) is 0. The van der Waals surface area contributed by atoms with E-state index in [9.17, 15) is 18.5 Å². The summed E-state index contributed by atoms with van der Waals surface area (Å²) < 4.78 is 25.6. The van der Waals surface area contributed by atoms with Crippen molar-refractivity contribution in [2.45, 2.75) is 4.90 Å². The Morgan fingerprint density at radius 3 is 2.44 bits per heavy atom. The SMILES string of the molecule is O=[N+]([O-])c1ccc(S(=O)(=O)Nc2nn[nH]n2)cc1. The predicted molar refractivity (Wildman–Crippen MR) is 58.1 cm³/mol. The molecule has 0 atom stereocenters. The van der Waals surface area contributed by atoms with Crippen LogP contribution in [0.2, 0.25) is 0 Å². The van der Waals surface area contributed by atoms with Crippen molar-refractivity contribution >= 4 is 21.7 Å². The zero-order chi connectivity index (χ0) is 13.2. The maximum Gasteiger partial charge on any atom is 0.276 e. The Balaban J connectivity index is 2.27. The Morgan fingerprint density at radius 2 is 1.94 bits per heavy atom. The van der Waals surface area contributed by atoms with Crippen LogP contribution in [0.1, 0.15) is 0 Å². The van der Waals surface area contributed by atoms with Crippen molar-refractivity contribution in [1.29, 1.82) is 0 Å². The van der Waals surface area contributed by atoms with Gasteiger partial charge in [0.25, 0.3) is 21.7 Å². The Morgan fingerprint density at radius 1 is 1.28 bits per heavy atom. The number of nitro benzene ring substituents is 1. The zero-order valence-electron chi connectivity index (χ0n) is 8.64. The first-order valence-electron chi connectivity index (χ1n) is 4.50. The molecule has 10 nitrogen and oxygen atoms in total. The maximum absolute atomic E-state index is 11.8. The van der Waals surface area contributed by atoms with Gasteiger partial charge in [-0.25, -0.2) is 13.1 Å². The molecule has 11 heteroatoms. The van der Waals surface area contributed by atoms with Crippen molar-refractivity contribution in [3.8, 4) is 0 Å². The second-order valence-corrected chi connectivity index (χ2v) is 4.77. The van der Waals surface area contributed by atoms with Crippen molar-refractivity contribution < 1.29 is 13.3 Å². The summed E-state index contributed by atoms with van der Waals surface area (Å²) in [5.74, 6) is -0.214. The van der Waals surface area contributed by atoms with Crippen molar-refractivity contribution in [3.05, 3.63) is 34.4 Å². The van der Waals surface area contributed by atoms with Gasteiger partial charge in [0.15, 0.2) is 0 Å². The van der Waals surface area contributed by atoms with Crippen molar-refractivity contribution in [1.82, 2.24) is 20.6 Å². The van der Waals surface area contributed by atoms with Crippen LogP contribution in [0.25, 0.3) is 0 Å². The van der Waals surface area contributed by atoms with E-state index < -0.39 is 14.9 Å². The monoisotopic (exact) mass is 270 g/mol. The van der Waals surface area contributed by atoms with Crippen molar-refractivity contribution in [3.63, 3.8) is 0 Å². The Bertz CT molecular complexity index is 650. The fraction of sp³-hybridized carbons (Fsp3) is 0. The molecule has 1 aromatic heterocycles. The minimum absolute atomic E-state index is 0.141. The van der Waals surface area contributed by atoms with Gasteiger partial charge in [-0.05, 0) is 17.3 Å². The van der Waals surface area contributed by atoms with Gasteiger partial charge >= 0.3 is 0 Å². The van der Waals surface area contributed by atoms with E-state index in [1.165, 1.54) is 0 Å². The predicted octanol–water partition coefficient (Wildman–Crippen LogP) is -0.0913. The number of hydrogen-bond donors (Lipinski definition) is 2. The molecule has 2 N–H and O–H groups in total. The van der Waals surface area contributed by atoms with E-state index in [-0.39, 0.29) is 16.5 Å². The van der Waals surface area contributed by atoms with Gasteiger partial charge in [-0.3, -0.25) is 10.1 Å². The first-order chi connectivity index (χ1) is 8.49. The quantitative estimate of drug-likeness (QED) is 0.583. The van der Waals surface area contributed by atoms with Gasteiger partial charge < -0.3 is 0 Å². The van der Waals surface area contributed by atoms with Crippen molar-refractivity contribution in [2.24, 2.45) is 0 Å². The standard InChI is InChI=1S/C7H6N6O4S/c14-13(15)5-1-3-6(4-2-5)18(16,17)10-7-8-11-12-9-7/h1-4H,(H2,8,9,10,11,12). The first-order valence-corrected chi connectivity index (χ1v) is 5.98. The number of tetrazole rings is 1. The number of rotatable bonds is 4. The van der Waals surface area contributed by atoms with Gasteiger partial charge in [0.2, 0.25) is 0 Å². The summed E-state index contributed by atoms with van der Waals surface area (Å²) in [6, 6.07) is 4.40. The smallest absolute Gasteiger partial charge is 0.258 e. The number of hydrogen-bond acceptors (Lipinski definition) is 7. The van der Waals surface area contributed by atoms with Gasteiger partial charge in [0, 0.05) is 12.1 Å². The minimum atomic E-state index is -3.88. The molecule has 0 aliphatic carbocycles. The number of non-ortho nitro benzene ring substituents is 1. The van der Waals surface area contributed by atoms with Crippen LogP contribution in [-0.2, 0) is 10.0 Å². The van der Waals surface area contributed by atoms with Gasteiger partial charge in [0.1, 0.15) is 0 Å². The Labute approximate surface area is 100 Å². The number of nitro groups is 1. The van der Waals surface area contributed by atoms with Gasteiger partial charge in [-0.15, -0.1) is 5.10 Å². The summed E-state index contributed by atoms with van der Waals surface area (Å²) >= 11 is 0. The Hall–Kier alpha value is -2.56. The number of anilines is 1. The van der Waals surface area contributed by atoms with Crippen molar-refractivity contribution in [2.75, 3.05) is 4.72 Å². The molecule has 0 fully saturated rings. The van der Waals surface area contributed by atoms with E-state index in [1.54, 1.807) is 0 Å². The maximum atomic E-state index is 11.8. The summed E-state index contributed by atoms with van der Waals surface area (Å²) in [5, 5.41) is 22.5. The molecule has 0 saturated heterocycles. The van der Waals surface area contributed by atoms with Crippen LogP contribution >= 0.6 is 0 Å². The van der Waals surface area contributed by atoms with Crippen LogP contribution in [0.3, 0.4) is 0 Å². The molecule has 0 saturated carbocycles. The molecule has 1 aromatic carbocycles. The van der Waals surface area contributed by atoms with Crippen LogP contribution < -0.4 is 4.72 Å². The van der Waals surface area contributed by atoms with Gasteiger partial charge in [-0.2, -0.15) is 5.21 Å². The number of sulfonamides is 1. The highest BCUT2D eigenvalue weighted by Gasteiger charge is 2.17. The summed E-state index contributed by atoms with van der Waals surface area (Å²) in [5.41, 5.74) is -0.200. The second-order valence-electron chi connectivity index (χ2n) is 3.09. The molecular weight excluding hydrogens is 264 g/mol. The molecule has 0 amide bonds. The number of H-pyrrole nitrogens is 1. The fourth-order valence-electron chi connectivity index (χ4n) is 1.13. The van der Waals surface area contributed by atoms with Crippen LogP contribution in [-0.4, -0.2) is 34.0 Å². The number of aromatic amines is 1. The molecule has 94 valence electrons. The first kappa shape index (κ1) is 11.9. The summed E-state index contributed by atoms with van der Waals surface area (Å²) in [4.78, 5) is 9.66. The topological polar surface area (TPSA) is 144 Å². The third-order valence-electron chi connectivity index (χ3n) is 1.93. The lowest BCUT2D eigenvalue weighted by atomic mass is 10.3. The molecule has 1 heterocycles. The lowest BCUT2D eigenvalue weighted by Crippen LogP contribution is -2.14. The molecule has 0 radical (unpaired) electrons. The van der Waals surface area contributed by atoms with Gasteiger partial charge in [-0.1, -0.05) is 5.10 Å². The third-order valence-corrected chi connectivity index (χ3v) is 3.27. The summed E-state index contributed by atoms with van der Waals surface area (Å²) in [6.45, 7) is 0. The normalized spacial score (nSPS) is 11.1. The van der Waals surface area contributed by atoms with Crippen LogP contribution in [0, 0.1) is 10.1 Å². The molecular formula is C7H6N6O4S.